The Morgan fingerprint density at radius 2 is 2.25 bits per heavy atom. The summed E-state index contributed by atoms with van der Waals surface area (Å²) in [6.45, 7) is 2.83. The largest absolute Gasteiger partial charge is 0.331 e. The molecule has 2 aromatic rings. The minimum atomic E-state index is 0.376. The maximum absolute atomic E-state index is 5.98. The van der Waals surface area contributed by atoms with Crippen LogP contribution in [0.4, 0.5) is 0 Å². The van der Waals surface area contributed by atoms with Crippen molar-refractivity contribution in [1.82, 2.24) is 9.55 Å². The minimum Gasteiger partial charge on any atom is -0.331 e. The summed E-state index contributed by atoms with van der Waals surface area (Å²) in [6, 6.07) is 5.77. The molecule has 0 radical (unpaired) electrons. The van der Waals surface area contributed by atoms with E-state index >= 15 is 0 Å². The lowest BCUT2D eigenvalue weighted by molar-refractivity contribution is 0.624. The molecule has 0 fully saturated rings. The van der Waals surface area contributed by atoms with Crippen LogP contribution in [0.2, 0.25) is 5.02 Å². The molecule has 86 valence electrons. The van der Waals surface area contributed by atoms with E-state index in [4.69, 9.17) is 17.3 Å². The summed E-state index contributed by atoms with van der Waals surface area (Å²) in [6.07, 6.45) is 0.949. The highest BCUT2D eigenvalue weighted by atomic mass is 35.5. The van der Waals surface area contributed by atoms with Gasteiger partial charge in [-0.2, -0.15) is 0 Å². The highest BCUT2D eigenvalue weighted by Crippen LogP contribution is 2.24. The van der Waals surface area contributed by atoms with Gasteiger partial charge < -0.3 is 10.3 Å². The Morgan fingerprint density at radius 3 is 2.94 bits per heavy atom. The SMILES string of the molecule is CC(CCN)c1nc2ccc(Cl)cc2n1C. The van der Waals surface area contributed by atoms with E-state index < -0.39 is 0 Å². The second-order valence-corrected chi connectivity index (χ2v) is 4.58. The van der Waals surface area contributed by atoms with Gasteiger partial charge >= 0.3 is 0 Å². The molecule has 0 amide bonds. The summed E-state index contributed by atoms with van der Waals surface area (Å²) in [5.41, 5.74) is 7.64. The zero-order valence-electron chi connectivity index (χ0n) is 9.57. The van der Waals surface area contributed by atoms with Crippen molar-refractivity contribution in [2.24, 2.45) is 12.8 Å². The maximum Gasteiger partial charge on any atom is 0.112 e. The molecular formula is C12H16ClN3. The number of halogens is 1. The molecule has 2 N–H and O–H groups in total. The number of aromatic nitrogens is 2. The third-order valence-corrected chi connectivity index (χ3v) is 3.15. The number of aryl methyl sites for hydroxylation is 1. The van der Waals surface area contributed by atoms with Crippen molar-refractivity contribution >= 4 is 22.6 Å². The first-order chi connectivity index (χ1) is 7.63. The fraction of sp³-hybridized carbons (Fsp3) is 0.417. The number of rotatable bonds is 3. The molecule has 0 aliphatic rings. The van der Waals surface area contributed by atoms with Crippen LogP contribution >= 0.6 is 11.6 Å². The highest BCUT2D eigenvalue weighted by molar-refractivity contribution is 6.31. The molecule has 0 aliphatic heterocycles. The van der Waals surface area contributed by atoms with E-state index in [1.807, 2.05) is 25.2 Å². The number of benzene rings is 1. The standard InChI is InChI=1S/C12H16ClN3/c1-8(5-6-14)12-15-10-4-3-9(13)7-11(10)16(12)2/h3-4,7-8H,5-6,14H2,1-2H3. The van der Waals surface area contributed by atoms with Crippen LogP contribution in [0.15, 0.2) is 18.2 Å². The smallest absolute Gasteiger partial charge is 0.112 e. The average molecular weight is 238 g/mol. The molecule has 0 spiro atoms. The molecule has 0 saturated heterocycles. The number of hydrogen-bond acceptors (Lipinski definition) is 2. The molecule has 1 heterocycles. The molecule has 16 heavy (non-hydrogen) atoms. The molecule has 1 aromatic heterocycles. The molecular weight excluding hydrogens is 222 g/mol. The Bertz CT molecular complexity index is 504. The van der Waals surface area contributed by atoms with Crippen molar-refractivity contribution in [3.63, 3.8) is 0 Å². The number of hydrogen-bond donors (Lipinski definition) is 1. The Balaban J connectivity index is 2.51. The second-order valence-electron chi connectivity index (χ2n) is 4.14. The molecule has 3 nitrogen and oxygen atoms in total. The Hall–Kier alpha value is -1.06. The summed E-state index contributed by atoms with van der Waals surface area (Å²) in [7, 11) is 2.02. The van der Waals surface area contributed by atoms with Gasteiger partial charge in [-0.1, -0.05) is 18.5 Å². The van der Waals surface area contributed by atoms with Crippen LogP contribution in [0, 0.1) is 0 Å². The van der Waals surface area contributed by atoms with Gasteiger partial charge in [0.05, 0.1) is 11.0 Å². The van der Waals surface area contributed by atoms with Gasteiger partial charge in [-0.3, -0.25) is 0 Å². The molecule has 0 saturated carbocycles. The molecule has 0 bridgehead atoms. The van der Waals surface area contributed by atoms with Crippen LogP contribution in [-0.4, -0.2) is 16.1 Å². The quantitative estimate of drug-likeness (QED) is 0.892. The van der Waals surface area contributed by atoms with Crippen molar-refractivity contribution in [2.75, 3.05) is 6.54 Å². The molecule has 1 unspecified atom stereocenters. The van der Waals surface area contributed by atoms with E-state index in [0.29, 0.717) is 12.5 Å². The van der Waals surface area contributed by atoms with Gasteiger partial charge in [-0.05, 0) is 31.2 Å². The molecule has 1 atom stereocenters. The lowest BCUT2D eigenvalue weighted by atomic mass is 10.1. The predicted octanol–water partition coefficient (Wildman–Crippen LogP) is 2.68. The van der Waals surface area contributed by atoms with Crippen LogP contribution in [0.1, 0.15) is 25.1 Å². The minimum absolute atomic E-state index is 0.376. The highest BCUT2D eigenvalue weighted by Gasteiger charge is 2.13. The number of nitrogens with zero attached hydrogens (tertiary/aromatic N) is 2. The van der Waals surface area contributed by atoms with Crippen LogP contribution in [-0.2, 0) is 7.05 Å². The van der Waals surface area contributed by atoms with Crippen molar-refractivity contribution in [3.8, 4) is 0 Å². The normalized spacial score (nSPS) is 13.2. The van der Waals surface area contributed by atoms with E-state index in [9.17, 15) is 0 Å². The zero-order chi connectivity index (χ0) is 11.7. The third-order valence-electron chi connectivity index (χ3n) is 2.92. The van der Waals surface area contributed by atoms with Crippen LogP contribution in [0.3, 0.4) is 0 Å². The van der Waals surface area contributed by atoms with Crippen molar-refractivity contribution in [3.05, 3.63) is 29.0 Å². The average Bonchev–Trinajstić information content (AvgIpc) is 2.57. The summed E-state index contributed by atoms with van der Waals surface area (Å²) in [4.78, 5) is 4.62. The first-order valence-corrected chi connectivity index (χ1v) is 5.83. The topological polar surface area (TPSA) is 43.8 Å². The molecule has 0 aliphatic carbocycles. The fourth-order valence-corrected chi connectivity index (χ4v) is 2.17. The predicted molar refractivity (Wildman–Crippen MR) is 67.8 cm³/mol. The molecule has 4 heteroatoms. The van der Waals surface area contributed by atoms with Crippen LogP contribution < -0.4 is 5.73 Å². The van der Waals surface area contributed by atoms with Crippen molar-refractivity contribution < 1.29 is 0 Å². The Labute approximate surface area is 100 Å². The monoisotopic (exact) mass is 237 g/mol. The number of nitrogens with two attached hydrogens (primary N) is 1. The Morgan fingerprint density at radius 1 is 1.50 bits per heavy atom. The number of fused-ring (bicyclic) bond motifs is 1. The van der Waals surface area contributed by atoms with Gasteiger partial charge in [0.2, 0.25) is 0 Å². The summed E-state index contributed by atoms with van der Waals surface area (Å²) >= 11 is 5.98. The molecule has 2 rings (SSSR count). The van der Waals surface area contributed by atoms with E-state index in [1.165, 1.54) is 0 Å². The van der Waals surface area contributed by atoms with Gasteiger partial charge in [0.15, 0.2) is 0 Å². The van der Waals surface area contributed by atoms with Crippen molar-refractivity contribution in [1.29, 1.82) is 0 Å². The fourth-order valence-electron chi connectivity index (χ4n) is 2.00. The zero-order valence-corrected chi connectivity index (χ0v) is 10.3. The van der Waals surface area contributed by atoms with Gasteiger partial charge in [-0.15, -0.1) is 0 Å². The first kappa shape index (κ1) is 11.4. The summed E-state index contributed by atoms with van der Waals surface area (Å²) in [5, 5.41) is 0.744. The van der Waals surface area contributed by atoms with Crippen molar-refractivity contribution in [2.45, 2.75) is 19.3 Å². The molecule has 1 aromatic carbocycles. The van der Waals surface area contributed by atoms with E-state index in [2.05, 4.69) is 16.5 Å². The lowest BCUT2D eigenvalue weighted by Gasteiger charge is -2.09. The van der Waals surface area contributed by atoms with Gasteiger partial charge in [0, 0.05) is 18.0 Å². The lowest BCUT2D eigenvalue weighted by Crippen LogP contribution is -2.08. The maximum atomic E-state index is 5.98. The summed E-state index contributed by atoms with van der Waals surface area (Å²) in [5.74, 6) is 1.45. The Kier molecular flexibility index (Phi) is 3.17. The van der Waals surface area contributed by atoms with E-state index in [0.717, 1.165) is 28.3 Å². The first-order valence-electron chi connectivity index (χ1n) is 5.45. The van der Waals surface area contributed by atoms with E-state index in [-0.39, 0.29) is 0 Å². The van der Waals surface area contributed by atoms with Crippen LogP contribution in [0.5, 0.6) is 0 Å². The van der Waals surface area contributed by atoms with Gasteiger partial charge in [-0.25, -0.2) is 4.98 Å². The summed E-state index contributed by atoms with van der Waals surface area (Å²) < 4.78 is 2.10. The van der Waals surface area contributed by atoms with Crippen LogP contribution in [0.25, 0.3) is 11.0 Å². The third kappa shape index (κ3) is 1.93. The second kappa shape index (κ2) is 4.44. The number of imidazole rings is 1. The van der Waals surface area contributed by atoms with E-state index in [1.54, 1.807) is 0 Å². The van der Waals surface area contributed by atoms with Gasteiger partial charge in [0.1, 0.15) is 5.82 Å². The van der Waals surface area contributed by atoms with Gasteiger partial charge in [0.25, 0.3) is 0 Å².